The van der Waals surface area contributed by atoms with Crippen molar-refractivity contribution in [2.24, 2.45) is 0 Å². The fraction of sp³-hybridized carbons (Fsp3) is 0.353. The Morgan fingerprint density at radius 1 is 1.36 bits per heavy atom. The zero-order chi connectivity index (χ0) is 17.6. The molecule has 1 saturated heterocycles. The molecular formula is C17H18N4O3S. The molecule has 2 N–H and O–H groups in total. The van der Waals surface area contributed by atoms with Crippen LogP contribution in [0.5, 0.6) is 0 Å². The smallest absolute Gasteiger partial charge is 0.331 e. The number of thiophene rings is 1. The lowest BCUT2D eigenvalue weighted by Gasteiger charge is -2.38. The number of rotatable bonds is 3. The van der Waals surface area contributed by atoms with Crippen LogP contribution in [0.3, 0.4) is 0 Å². The SMILES string of the molecule is Cc1cnn(C2(C(=O)O)CCN(C(=O)c3cc4sccc4[nH]3)CC2)c1. The van der Waals surface area contributed by atoms with E-state index in [1.54, 1.807) is 28.6 Å². The lowest BCUT2D eigenvalue weighted by molar-refractivity contribution is -0.150. The Morgan fingerprint density at radius 3 is 2.72 bits per heavy atom. The molecule has 3 aromatic rings. The molecule has 0 aromatic carbocycles. The van der Waals surface area contributed by atoms with Crippen molar-refractivity contribution in [1.29, 1.82) is 0 Å². The van der Waals surface area contributed by atoms with Gasteiger partial charge in [0.1, 0.15) is 5.69 Å². The van der Waals surface area contributed by atoms with Crippen LogP contribution in [0.2, 0.25) is 0 Å². The average molecular weight is 358 g/mol. The van der Waals surface area contributed by atoms with Crippen molar-refractivity contribution in [2.75, 3.05) is 13.1 Å². The molecule has 1 aliphatic heterocycles. The van der Waals surface area contributed by atoms with Crippen LogP contribution >= 0.6 is 11.3 Å². The number of nitrogens with zero attached hydrogens (tertiary/aromatic N) is 3. The molecule has 0 unspecified atom stereocenters. The number of carbonyl (C=O) groups excluding carboxylic acids is 1. The molecule has 7 nitrogen and oxygen atoms in total. The van der Waals surface area contributed by atoms with Crippen molar-refractivity contribution in [3.8, 4) is 0 Å². The zero-order valence-corrected chi connectivity index (χ0v) is 14.5. The zero-order valence-electron chi connectivity index (χ0n) is 13.7. The van der Waals surface area contributed by atoms with Gasteiger partial charge in [0.2, 0.25) is 0 Å². The fourth-order valence-electron chi connectivity index (χ4n) is 3.40. The maximum atomic E-state index is 12.7. The van der Waals surface area contributed by atoms with Crippen LogP contribution in [0.4, 0.5) is 0 Å². The number of nitrogens with one attached hydrogen (secondary N) is 1. The summed E-state index contributed by atoms with van der Waals surface area (Å²) in [4.78, 5) is 29.5. The third kappa shape index (κ3) is 2.53. The topological polar surface area (TPSA) is 91.2 Å². The summed E-state index contributed by atoms with van der Waals surface area (Å²) in [5.74, 6) is -0.984. The van der Waals surface area contributed by atoms with Crippen LogP contribution < -0.4 is 0 Å². The summed E-state index contributed by atoms with van der Waals surface area (Å²) in [6.45, 7) is 2.65. The van der Waals surface area contributed by atoms with E-state index < -0.39 is 11.5 Å². The molecule has 0 atom stereocenters. The number of amides is 1. The third-order valence-electron chi connectivity index (χ3n) is 4.90. The summed E-state index contributed by atoms with van der Waals surface area (Å²) in [6, 6.07) is 3.81. The Labute approximate surface area is 147 Å². The van der Waals surface area contributed by atoms with E-state index in [-0.39, 0.29) is 5.91 Å². The fourth-order valence-corrected chi connectivity index (χ4v) is 4.18. The van der Waals surface area contributed by atoms with Gasteiger partial charge in [0.15, 0.2) is 5.54 Å². The van der Waals surface area contributed by atoms with E-state index in [2.05, 4.69) is 10.1 Å². The van der Waals surface area contributed by atoms with Crippen molar-refractivity contribution in [3.05, 3.63) is 41.2 Å². The summed E-state index contributed by atoms with van der Waals surface area (Å²) in [6.07, 6.45) is 4.09. The van der Waals surface area contributed by atoms with Crippen molar-refractivity contribution in [2.45, 2.75) is 25.3 Å². The van der Waals surface area contributed by atoms with Gasteiger partial charge in [-0.25, -0.2) is 4.79 Å². The molecule has 4 rings (SSSR count). The Bertz CT molecular complexity index is 918. The van der Waals surface area contributed by atoms with Crippen molar-refractivity contribution in [3.63, 3.8) is 0 Å². The van der Waals surface area contributed by atoms with E-state index in [1.165, 1.54) is 4.68 Å². The molecule has 4 heterocycles. The first kappa shape index (κ1) is 15.9. The normalized spacial score (nSPS) is 17.1. The summed E-state index contributed by atoms with van der Waals surface area (Å²) in [5.41, 5.74) is 1.35. The van der Waals surface area contributed by atoms with E-state index in [1.807, 2.05) is 24.4 Å². The monoisotopic (exact) mass is 358 g/mol. The summed E-state index contributed by atoms with van der Waals surface area (Å²) in [5, 5.41) is 16.0. The molecule has 3 aromatic heterocycles. The lowest BCUT2D eigenvalue weighted by atomic mass is 9.87. The highest BCUT2D eigenvalue weighted by atomic mass is 32.1. The van der Waals surface area contributed by atoms with Gasteiger partial charge in [-0.05, 0) is 30.0 Å². The van der Waals surface area contributed by atoms with Gasteiger partial charge < -0.3 is 15.0 Å². The molecule has 8 heteroatoms. The molecule has 0 spiro atoms. The van der Waals surface area contributed by atoms with Gasteiger partial charge in [0, 0.05) is 32.1 Å². The Balaban J connectivity index is 1.54. The maximum Gasteiger partial charge on any atom is 0.331 e. The predicted octanol–water partition coefficient (Wildman–Crippen LogP) is 2.45. The molecule has 1 aliphatic rings. The second-order valence-electron chi connectivity index (χ2n) is 6.47. The number of hydrogen-bond donors (Lipinski definition) is 2. The minimum atomic E-state index is -1.08. The molecule has 0 aliphatic carbocycles. The van der Waals surface area contributed by atoms with Gasteiger partial charge >= 0.3 is 5.97 Å². The number of hydrogen-bond acceptors (Lipinski definition) is 4. The first-order valence-electron chi connectivity index (χ1n) is 8.10. The van der Waals surface area contributed by atoms with Crippen LogP contribution in [-0.4, -0.2) is 49.7 Å². The van der Waals surface area contributed by atoms with E-state index >= 15 is 0 Å². The van der Waals surface area contributed by atoms with Crippen molar-refractivity contribution in [1.82, 2.24) is 19.7 Å². The van der Waals surface area contributed by atoms with Gasteiger partial charge in [-0.15, -0.1) is 11.3 Å². The molecule has 0 radical (unpaired) electrons. The number of H-pyrrole nitrogens is 1. The van der Waals surface area contributed by atoms with Crippen molar-refractivity contribution < 1.29 is 14.7 Å². The number of likely N-dealkylation sites (tertiary alicyclic amines) is 1. The van der Waals surface area contributed by atoms with Gasteiger partial charge in [-0.3, -0.25) is 9.48 Å². The number of carbonyl (C=O) groups is 2. The first-order chi connectivity index (χ1) is 12.0. The molecule has 0 bridgehead atoms. The second-order valence-corrected chi connectivity index (χ2v) is 7.42. The highest BCUT2D eigenvalue weighted by Gasteiger charge is 2.45. The highest BCUT2D eigenvalue weighted by Crippen LogP contribution is 2.31. The maximum absolute atomic E-state index is 12.7. The number of fused-ring (bicyclic) bond motifs is 1. The molecule has 1 fully saturated rings. The number of carboxylic acids is 1. The van der Waals surface area contributed by atoms with Crippen LogP contribution in [0, 0.1) is 6.92 Å². The van der Waals surface area contributed by atoms with E-state index in [9.17, 15) is 14.7 Å². The third-order valence-corrected chi connectivity index (χ3v) is 5.76. The summed E-state index contributed by atoms with van der Waals surface area (Å²) < 4.78 is 2.59. The van der Waals surface area contributed by atoms with E-state index in [0.717, 1.165) is 15.8 Å². The van der Waals surface area contributed by atoms with Crippen LogP contribution in [0.15, 0.2) is 29.9 Å². The average Bonchev–Trinajstić information content (AvgIpc) is 3.29. The number of carboxylic acid groups (broad SMARTS) is 1. The Hall–Kier alpha value is -2.61. The predicted molar refractivity (Wildman–Crippen MR) is 93.9 cm³/mol. The molecular weight excluding hydrogens is 340 g/mol. The molecule has 25 heavy (non-hydrogen) atoms. The van der Waals surface area contributed by atoms with E-state index in [0.29, 0.717) is 31.6 Å². The number of aliphatic carboxylic acids is 1. The second kappa shape index (κ2) is 5.73. The highest BCUT2D eigenvalue weighted by molar-refractivity contribution is 7.17. The number of aromatic nitrogens is 3. The largest absolute Gasteiger partial charge is 0.479 e. The first-order valence-corrected chi connectivity index (χ1v) is 8.98. The number of aromatic amines is 1. The van der Waals surface area contributed by atoms with Crippen molar-refractivity contribution >= 4 is 33.4 Å². The quantitative estimate of drug-likeness (QED) is 0.752. The lowest BCUT2D eigenvalue weighted by Crippen LogP contribution is -2.52. The van der Waals surface area contributed by atoms with E-state index in [4.69, 9.17) is 0 Å². The standard InChI is InChI=1S/C17H18N4O3S/c1-11-9-18-21(10-11)17(16(23)24)3-5-20(6-4-17)15(22)13-8-14-12(19-13)2-7-25-14/h2,7-10,19H,3-6H2,1H3,(H,23,24). The minimum absolute atomic E-state index is 0.0842. The van der Waals surface area contributed by atoms with Crippen LogP contribution in [-0.2, 0) is 10.3 Å². The summed E-state index contributed by atoms with van der Waals surface area (Å²) >= 11 is 1.58. The molecule has 0 saturated carbocycles. The van der Waals surface area contributed by atoms with Gasteiger partial charge in [0.25, 0.3) is 5.91 Å². The number of piperidine rings is 1. The van der Waals surface area contributed by atoms with Gasteiger partial charge in [-0.2, -0.15) is 5.10 Å². The van der Waals surface area contributed by atoms with Gasteiger partial charge in [-0.1, -0.05) is 0 Å². The van der Waals surface area contributed by atoms with Crippen LogP contribution in [0.1, 0.15) is 28.9 Å². The molecule has 1 amide bonds. The van der Waals surface area contributed by atoms with Gasteiger partial charge in [0.05, 0.1) is 16.4 Å². The molecule has 130 valence electrons. The minimum Gasteiger partial charge on any atom is -0.479 e. The summed E-state index contributed by atoms with van der Waals surface area (Å²) in [7, 11) is 0. The number of aryl methyl sites for hydroxylation is 1. The Morgan fingerprint density at radius 2 is 2.12 bits per heavy atom. The van der Waals surface area contributed by atoms with Crippen LogP contribution in [0.25, 0.3) is 10.2 Å². The Kier molecular flexibility index (Phi) is 3.64.